The molecule has 8 heteroatoms. The Morgan fingerprint density at radius 2 is 2.04 bits per heavy atom. The van der Waals surface area contributed by atoms with E-state index < -0.39 is 0 Å². The van der Waals surface area contributed by atoms with E-state index in [4.69, 9.17) is 19.5 Å². The molecule has 1 amide bonds. The van der Waals surface area contributed by atoms with Crippen molar-refractivity contribution in [2.24, 2.45) is 5.10 Å². The Morgan fingerprint density at radius 1 is 1.21 bits per heavy atom. The lowest BCUT2D eigenvalue weighted by molar-refractivity contribution is -0.123. The fraction of sp³-hybridized carbons (Fsp3) is 0.250. The zero-order chi connectivity index (χ0) is 20.4. The summed E-state index contributed by atoms with van der Waals surface area (Å²) in [5, 5.41) is 12.5. The average Bonchev–Trinajstić information content (AvgIpc) is 2.71. The molecule has 2 aromatic rings. The average molecular weight is 382 g/mol. The summed E-state index contributed by atoms with van der Waals surface area (Å²) in [5.41, 5.74) is 4.08. The Morgan fingerprint density at radius 3 is 2.75 bits per heavy atom. The summed E-state index contributed by atoms with van der Waals surface area (Å²) in [4.78, 5) is 13.8. The molecule has 0 heterocycles. The lowest BCUT2D eigenvalue weighted by Crippen LogP contribution is -2.24. The second-order valence-electron chi connectivity index (χ2n) is 5.83. The van der Waals surface area contributed by atoms with Gasteiger partial charge in [0.15, 0.2) is 24.7 Å². The minimum Gasteiger partial charge on any atom is -0.493 e. The van der Waals surface area contributed by atoms with Crippen LogP contribution in [0, 0.1) is 11.3 Å². The highest BCUT2D eigenvalue weighted by Crippen LogP contribution is 2.27. The molecule has 0 aliphatic carbocycles. The Labute approximate surface area is 163 Å². The molecule has 0 aliphatic rings. The highest BCUT2D eigenvalue weighted by molar-refractivity contribution is 5.83. The molecular weight excluding hydrogens is 360 g/mol. The van der Waals surface area contributed by atoms with Gasteiger partial charge in [-0.15, -0.1) is 0 Å². The van der Waals surface area contributed by atoms with Gasteiger partial charge in [0.25, 0.3) is 5.91 Å². The first-order valence-electron chi connectivity index (χ1n) is 8.43. The first-order chi connectivity index (χ1) is 13.5. The van der Waals surface area contributed by atoms with Gasteiger partial charge < -0.3 is 19.1 Å². The summed E-state index contributed by atoms with van der Waals surface area (Å²) in [6, 6.07) is 14.4. The van der Waals surface area contributed by atoms with Crippen molar-refractivity contribution in [2.45, 2.75) is 0 Å². The van der Waals surface area contributed by atoms with E-state index in [1.807, 2.05) is 43.3 Å². The standard InChI is InChI=1S/C20H22N4O4/c1-24(2)16-5-4-6-17(12-16)28-14-20(25)23-22-13-15-7-8-18(27-10-9-21)19(11-15)26-3/h4-8,11-13H,10,14H2,1-3H3,(H,23,25). The van der Waals surface area contributed by atoms with Crippen molar-refractivity contribution in [2.75, 3.05) is 39.3 Å². The molecule has 0 radical (unpaired) electrons. The molecule has 8 nitrogen and oxygen atoms in total. The van der Waals surface area contributed by atoms with Gasteiger partial charge >= 0.3 is 0 Å². The number of hydrazone groups is 1. The van der Waals surface area contributed by atoms with Gasteiger partial charge in [-0.05, 0) is 35.9 Å². The molecule has 0 saturated carbocycles. The SMILES string of the molecule is COc1cc(C=NNC(=O)COc2cccc(N(C)C)c2)ccc1OCC#N. The number of nitrogens with one attached hydrogen (secondary N) is 1. The number of carbonyl (C=O) groups is 1. The summed E-state index contributed by atoms with van der Waals surface area (Å²) in [6.07, 6.45) is 1.47. The van der Waals surface area contributed by atoms with Crippen LogP contribution in [0.5, 0.6) is 17.2 Å². The van der Waals surface area contributed by atoms with E-state index in [2.05, 4.69) is 10.5 Å². The smallest absolute Gasteiger partial charge is 0.277 e. The molecule has 0 atom stereocenters. The van der Waals surface area contributed by atoms with Crippen molar-refractivity contribution in [1.29, 1.82) is 5.26 Å². The number of hydrogen-bond donors (Lipinski definition) is 1. The van der Waals surface area contributed by atoms with Gasteiger partial charge in [0.2, 0.25) is 0 Å². The molecular formula is C20H22N4O4. The quantitative estimate of drug-likeness (QED) is 0.528. The molecule has 146 valence electrons. The van der Waals surface area contributed by atoms with Gasteiger partial charge in [0.05, 0.1) is 13.3 Å². The van der Waals surface area contributed by atoms with E-state index in [9.17, 15) is 4.79 Å². The third-order valence-corrected chi connectivity index (χ3v) is 3.59. The molecule has 0 spiro atoms. The fourth-order valence-corrected chi connectivity index (χ4v) is 2.21. The lowest BCUT2D eigenvalue weighted by Gasteiger charge is -2.13. The largest absolute Gasteiger partial charge is 0.493 e. The number of nitriles is 1. The van der Waals surface area contributed by atoms with Crippen molar-refractivity contribution >= 4 is 17.8 Å². The van der Waals surface area contributed by atoms with Crippen LogP contribution in [-0.4, -0.2) is 46.5 Å². The second-order valence-corrected chi connectivity index (χ2v) is 5.83. The molecule has 0 aromatic heterocycles. The zero-order valence-corrected chi connectivity index (χ0v) is 16.0. The van der Waals surface area contributed by atoms with Crippen LogP contribution >= 0.6 is 0 Å². The van der Waals surface area contributed by atoms with Gasteiger partial charge in [0.1, 0.15) is 11.8 Å². The van der Waals surface area contributed by atoms with Crippen molar-refractivity contribution in [3.8, 4) is 23.3 Å². The Balaban J connectivity index is 1.87. The Bertz CT molecular complexity index is 875. The molecule has 2 aromatic carbocycles. The van der Waals surface area contributed by atoms with Crippen molar-refractivity contribution in [3.05, 3.63) is 48.0 Å². The number of nitrogens with zero attached hydrogens (tertiary/aromatic N) is 3. The number of anilines is 1. The predicted octanol–water partition coefficient (Wildman–Crippen LogP) is 2.19. The summed E-state index contributed by atoms with van der Waals surface area (Å²) in [6.45, 7) is -0.226. The van der Waals surface area contributed by atoms with Crippen LogP contribution in [0.2, 0.25) is 0 Å². The molecule has 0 unspecified atom stereocenters. The summed E-state index contributed by atoms with van der Waals surface area (Å²) >= 11 is 0. The first-order valence-corrected chi connectivity index (χ1v) is 8.43. The highest BCUT2D eigenvalue weighted by atomic mass is 16.5. The van der Waals surface area contributed by atoms with E-state index in [0.29, 0.717) is 22.8 Å². The molecule has 2 rings (SSSR count). The van der Waals surface area contributed by atoms with Crippen LogP contribution in [0.25, 0.3) is 0 Å². The normalized spacial score (nSPS) is 10.2. The van der Waals surface area contributed by atoms with Crippen LogP contribution in [0.1, 0.15) is 5.56 Å². The summed E-state index contributed by atoms with van der Waals surface area (Å²) in [5.74, 6) is 1.14. The molecule has 0 fully saturated rings. The Hall–Kier alpha value is -3.73. The van der Waals surface area contributed by atoms with Crippen molar-refractivity contribution < 1.29 is 19.0 Å². The first kappa shape index (κ1) is 20.6. The van der Waals surface area contributed by atoms with Crippen molar-refractivity contribution in [3.63, 3.8) is 0 Å². The monoisotopic (exact) mass is 382 g/mol. The third kappa shape index (κ3) is 6.21. The number of rotatable bonds is 9. The van der Waals surface area contributed by atoms with E-state index in [1.54, 1.807) is 24.3 Å². The van der Waals surface area contributed by atoms with Gasteiger partial charge in [0, 0.05) is 25.8 Å². The van der Waals surface area contributed by atoms with Crippen LogP contribution in [0.4, 0.5) is 5.69 Å². The fourth-order valence-electron chi connectivity index (χ4n) is 2.21. The number of methoxy groups -OCH3 is 1. The number of hydrogen-bond acceptors (Lipinski definition) is 7. The molecule has 1 N–H and O–H groups in total. The predicted molar refractivity (Wildman–Crippen MR) is 106 cm³/mol. The molecule has 0 bridgehead atoms. The molecule has 0 aliphatic heterocycles. The lowest BCUT2D eigenvalue weighted by atomic mass is 10.2. The van der Waals surface area contributed by atoms with Crippen LogP contribution < -0.4 is 24.5 Å². The van der Waals surface area contributed by atoms with E-state index in [-0.39, 0.29) is 19.1 Å². The van der Waals surface area contributed by atoms with Gasteiger partial charge in [-0.2, -0.15) is 10.4 Å². The maximum absolute atomic E-state index is 11.9. The minimum atomic E-state index is -0.382. The van der Waals surface area contributed by atoms with E-state index in [1.165, 1.54) is 13.3 Å². The highest BCUT2D eigenvalue weighted by Gasteiger charge is 2.06. The minimum absolute atomic E-state index is 0.0721. The number of amides is 1. The Kier molecular flexibility index (Phi) is 7.66. The number of benzene rings is 2. The van der Waals surface area contributed by atoms with Gasteiger partial charge in [-0.1, -0.05) is 6.07 Å². The van der Waals surface area contributed by atoms with Crippen LogP contribution in [0.3, 0.4) is 0 Å². The maximum Gasteiger partial charge on any atom is 0.277 e. The van der Waals surface area contributed by atoms with Crippen molar-refractivity contribution in [1.82, 2.24) is 5.43 Å². The topological polar surface area (TPSA) is 96.2 Å². The third-order valence-electron chi connectivity index (χ3n) is 3.59. The molecule has 28 heavy (non-hydrogen) atoms. The van der Waals surface area contributed by atoms with E-state index >= 15 is 0 Å². The number of carbonyl (C=O) groups excluding carboxylic acids is 1. The van der Waals surface area contributed by atoms with Gasteiger partial charge in [-0.25, -0.2) is 5.43 Å². The second kappa shape index (κ2) is 10.4. The molecule has 0 saturated heterocycles. The van der Waals surface area contributed by atoms with Crippen LogP contribution in [0.15, 0.2) is 47.6 Å². The zero-order valence-electron chi connectivity index (χ0n) is 16.0. The maximum atomic E-state index is 11.9. The van der Waals surface area contributed by atoms with E-state index in [0.717, 1.165) is 5.69 Å². The summed E-state index contributed by atoms with van der Waals surface area (Å²) < 4.78 is 15.9. The summed E-state index contributed by atoms with van der Waals surface area (Å²) in [7, 11) is 5.36. The van der Waals surface area contributed by atoms with Gasteiger partial charge in [-0.3, -0.25) is 4.79 Å². The number of ether oxygens (including phenoxy) is 3. The van der Waals surface area contributed by atoms with Crippen LogP contribution in [-0.2, 0) is 4.79 Å².